The number of thiol groups is 1. The van der Waals surface area contributed by atoms with Crippen molar-refractivity contribution in [2.24, 2.45) is 5.41 Å². The zero-order valence-electron chi connectivity index (χ0n) is 17.0. The van der Waals surface area contributed by atoms with Gasteiger partial charge in [-0.15, -0.1) is 0 Å². The molecule has 8 nitrogen and oxygen atoms in total. The van der Waals surface area contributed by atoms with Crippen LogP contribution in [0.1, 0.15) is 12.8 Å². The van der Waals surface area contributed by atoms with E-state index in [-0.39, 0.29) is 0 Å². The fraction of sp³-hybridized carbons (Fsp3) is 0.227. The Bertz CT molecular complexity index is 1080. The number of aromatic nitrogens is 1. The third kappa shape index (κ3) is 5.00. The highest BCUT2D eigenvalue weighted by molar-refractivity contribution is 7.75. The number of hydrogen-bond donors (Lipinski definition) is 3. The Labute approximate surface area is 184 Å². The summed E-state index contributed by atoms with van der Waals surface area (Å²) < 4.78 is 16.3. The van der Waals surface area contributed by atoms with E-state index in [1.165, 1.54) is 0 Å². The summed E-state index contributed by atoms with van der Waals surface area (Å²) in [6.07, 6.45) is 3.26. The number of pyridine rings is 1. The molecule has 1 aliphatic rings. The van der Waals surface area contributed by atoms with Crippen molar-refractivity contribution in [1.29, 1.82) is 0 Å². The lowest BCUT2D eigenvalue weighted by Gasteiger charge is -2.12. The van der Waals surface area contributed by atoms with Gasteiger partial charge in [0.25, 0.3) is 0 Å². The molecular weight excluding hydrogens is 420 g/mol. The Morgan fingerprint density at radius 3 is 2.35 bits per heavy atom. The topological polar surface area (TPSA) is 107 Å². The van der Waals surface area contributed by atoms with E-state index in [0.717, 1.165) is 22.3 Å². The number of aliphatic carboxylic acids is 1. The number of fused-ring (bicyclic) bond motifs is 1. The highest BCUT2D eigenvalue weighted by atomic mass is 32.1. The van der Waals surface area contributed by atoms with E-state index in [0.29, 0.717) is 36.4 Å². The van der Waals surface area contributed by atoms with E-state index < -0.39 is 11.4 Å². The normalized spacial score (nSPS) is 13.4. The lowest BCUT2D eigenvalue weighted by atomic mass is 10.1. The minimum atomic E-state index is -0.979. The number of rotatable bonds is 7. The highest BCUT2D eigenvalue weighted by Gasteiger charge is 2.50. The van der Waals surface area contributed by atoms with E-state index >= 15 is 0 Å². The van der Waals surface area contributed by atoms with Gasteiger partial charge in [-0.3, -0.25) is 9.78 Å². The van der Waals surface area contributed by atoms with Gasteiger partial charge in [0.05, 0.1) is 12.6 Å². The number of carboxylic acids is 1. The summed E-state index contributed by atoms with van der Waals surface area (Å²) in [5.74, 6) is 1.51. The number of methoxy groups -OCH3 is 1. The molecule has 31 heavy (non-hydrogen) atoms. The van der Waals surface area contributed by atoms with Crippen LogP contribution in [0.3, 0.4) is 0 Å². The molecule has 4 rings (SSSR count). The van der Waals surface area contributed by atoms with Crippen LogP contribution < -0.4 is 19.0 Å². The average Bonchev–Trinajstić information content (AvgIpc) is 3.61. The van der Waals surface area contributed by atoms with Crippen molar-refractivity contribution in [2.45, 2.75) is 12.8 Å². The maximum atomic E-state index is 10.1. The van der Waals surface area contributed by atoms with Gasteiger partial charge in [-0.1, -0.05) is 0 Å². The molecule has 0 bridgehead atoms. The maximum absolute atomic E-state index is 10.1. The van der Waals surface area contributed by atoms with Gasteiger partial charge in [0, 0.05) is 43.3 Å². The molecule has 0 amide bonds. The zero-order chi connectivity index (χ0) is 22.4. The summed E-state index contributed by atoms with van der Waals surface area (Å²) in [7, 11) is 3.44. The van der Waals surface area contributed by atoms with Crippen LogP contribution in [0.15, 0.2) is 48.7 Å². The van der Waals surface area contributed by atoms with Gasteiger partial charge in [-0.05, 0) is 49.2 Å². The molecule has 0 aliphatic heterocycles. The molecule has 162 valence electrons. The first kappa shape index (κ1) is 22.2. The molecule has 1 aromatic heterocycles. The third-order valence-electron chi connectivity index (χ3n) is 4.90. The number of ether oxygens (including phenoxy) is 2. The van der Waals surface area contributed by atoms with Crippen molar-refractivity contribution in [3.05, 3.63) is 48.7 Å². The molecule has 0 saturated heterocycles. The van der Waals surface area contributed by atoms with E-state index in [1.54, 1.807) is 25.4 Å². The van der Waals surface area contributed by atoms with Crippen molar-refractivity contribution in [3.8, 4) is 23.0 Å². The van der Waals surface area contributed by atoms with Crippen LogP contribution in [-0.4, -0.2) is 36.5 Å². The number of nitrogens with zero attached hydrogens (tertiary/aromatic N) is 1. The molecule has 2 aromatic carbocycles. The second kappa shape index (κ2) is 9.57. The molecule has 1 saturated carbocycles. The molecule has 2 N–H and O–H groups in total. The fourth-order valence-electron chi connectivity index (χ4n) is 2.78. The second-order valence-electron chi connectivity index (χ2n) is 6.88. The first-order valence-corrected chi connectivity index (χ1v) is 9.76. The second-order valence-corrected chi connectivity index (χ2v) is 7.06. The molecular formula is C22H22N2O6S. The maximum Gasteiger partial charge on any atom is 0.316 e. The van der Waals surface area contributed by atoms with Crippen LogP contribution in [0, 0.1) is 5.41 Å². The van der Waals surface area contributed by atoms with Crippen LogP contribution in [-0.2, 0) is 9.59 Å². The smallest absolute Gasteiger partial charge is 0.316 e. The van der Waals surface area contributed by atoms with Crippen molar-refractivity contribution in [2.75, 3.05) is 19.5 Å². The molecule has 1 fully saturated rings. The molecule has 1 heterocycles. The fourth-order valence-corrected chi connectivity index (χ4v) is 2.92. The third-order valence-corrected chi connectivity index (χ3v) is 5.09. The van der Waals surface area contributed by atoms with Crippen molar-refractivity contribution < 1.29 is 28.4 Å². The number of carbonyl (C=O) groups excluding carboxylic acids is 1. The Hall–Kier alpha value is -3.46. The first-order chi connectivity index (χ1) is 15.0. The van der Waals surface area contributed by atoms with Crippen LogP contribution >= 0.6 is 12.9 Å². The van der Waals surface area contributed by atoms with E-state index in [2.05, 4.69) is 23.2 Å². The number of carbonyl (C=O) groups is 2. The van der Waals surface area contributed by atoms with Crippen LogP contribution in [0.4, 0.5) is 5.69 Å². The van der Waals surface area contributed by atoms with Gasteiger partial charge in [0.2, 0.25) is 0 Å². The Morgan fingerprint density at radius 1 is 1.16 bits per heavy atom. The Morgan fingerprint density at radius 2 is 1.87 bits per heavy atom. The van der Waals surface area contributed by atoms with Crippen molar-refractivity contribution >= 4 is 41.8 Å². The van der Waals surface area contributed by atoms with Crippen LogP contribution in [0.5, 0.6) is 23.0 Å². The Kier molecular flexibility index (Phi) is 6.86. The molecule has 3 aromatic rings. The van der Waals surface area contributed by atoms with Crippen LogP contribution in [0.25, 0.3) is 10.9 Å². The summed E-state index contributed by atoms with van der Waals surface area (Å²) in [6, 6.07) is 13.1. The predicted octanol–water partition coefficient (Wildman–Crippen LogP) is 4.35. The SMILES string of the molecule is CNc1ccc(Oc2ccnc3cc(OC)c(OS)cc23)cc1.O=CC1(C(=O)O)CC1. The molecule has 0 unspecified atom stereocenters. The number of hydrogen-bond acceptors (Lipinski definition) is 8. The van der Waals surface area contributed by atoms with Gasteiger partial charge >= 0.3 is 5.97 Å². The zero-order valence-corrected chi connectivity index (χ0v) is 17.9. The minimum Gasteiger partial charge on any atom is -0.493 e. The van der Waals surface area contributed by atoms with Gasteiger partial charge < -0.3 is 28.9 Å². The lowest BCUT2D eigenvalue weighted by Crippen LogP contribution is -2.15. The summed E-state index contributed by atoms with van der Waals surface area (Å²) in [5.41, 5.74) is 0.799. The number of carboxylic acid groups (broad SMARTS) is 1. The summed E-state index contributed by atoms with van der Waals surface area (Å²) in [4.78, 5) is 24.4. The van der Waals surface area contributed by atoms with Crippen molar-refractivity contribution in [3.63, 3.8) is 0 Å². The molecule has 0 atom stereocenters. The van der Waals surface area contributed by atoms with Crippen LogP contribution in [0.2, 0.25) is 0 Å². The van der Waals surface area contributed by atoms with E-state index in [9.17, 15) is 9.59 Å². The van der Waals surface area contributed by atoms with Gasteiger partial charge in [-0.25, -0.2) is 0 Å². The number of nitrogens with one attached hydrogen (secondary N) is 1. The molecule has 1 aliphatic carbocycles. The standard InChI is InChI=1S/C17H16N2O3S.C5H6O3/c1-18-11-3-5-12(6-4-11)21-15-7-8-19-14-10-16(20-2)17(22-23)9-13(14)15;6-3-5(1-2-5)4(7)8/h3-10,18,23H,1-2H3;3H,1-2H2,(H,7,8). The van der Waals surface area contributed by atoms with E-state index in [4.69, 9.17) is 18.8 Å². The number of benzene rings is 2. The van der Waals surface area contributed by atoms with E-state index in [1.807, 2.05) is 37.4 Å². The average molecular weight is 442 g/mol. The molecule has 9 heteroatoms. The molecule has 0 radical (unpaired) electrons. The van der Waals surface area contributed by atoms with Gasteiger partial charge in [-0.2, -0.15) is 0 Å². The monoisotopic (exact) mass is 442 g/mol. The highest BCUT2D eigenvalue weighted by Crippen LogP contribution is 2.43. The van der Waals surface area contributed by atoms with Gasteiger partial charge in [0.15, 0.2) is 11.5 Å². The predicted molar refractivity (Wildman–Crippen MR) is 119 cm³/mol. The Balaban J connectivity index is 0.000000287. The lowest BCUT2D eigenvalue weighted by molar-refractivity contribution is -0.145. The first-order valence-electron chi connectivity index (χ1n) is 9.40. The molecule has 0 spiro atoms. The van der Waals surface area contributed by atoms with Crippen molar-refractivity contribution in [1.82, 2.24) is 4.98 Å². The summed E-state index contributed by atoms with van der Waals surface area (Å²) >= 11 is 3.87. The summed E-state index contributed by atoms with van der Waals surface area (Å²) in [5, 5.41) is 12.2. The minimum absolute atomic E-state index is 0.506. The van der Waals surface area contributed by atoms with Gasteiger partial charge in [0.1, 0.15) is 23.2 Å². The quantitative estimate of drug-likeness (QED) is 0.215. The summed E-state index contributed by atoms with van der Waals surface area (Å²) in [6.45, 7) is 0. The number of aldehydes is 1. The largest absolute Gasteiger partial charge is 0.493 e. The number of anilines is 1.